The number of hydrogen-bond acceptors (Lipinski definition) is 4. The Labute approximate surface area is 157 Å². The summed E-state index contributed by atoms with van der Waals surface area (Å²) in [5.41, 5.74) is 1.24. The van der Waals surface area contributed by atoms with E-state index in [-0.39, 0.29) is 30.7 Å². The minimum atomic E-state index is -0.429. The number of hydrogen-bond donors (Lipinski definition) is 2. The van der Waals surface area contributed by atoms with Crippen molar-refractivity contribution in [2.24, 2.45) is 0 Å². The molecule has 1 aliphatic rings. The van der Waals surface area contributed by atoms with Gasteiger partial charge in [0.2, 0.25) is 5.91 Å². The number of anilines is 1. The Balaban J connectivity index is 1.52. The minimum Gasteiger partial charge on any atom is -0.329 e. The van der Waals surface area contributed by atoms with E-state index in [0.717, 1.165) is 4.90 Å². The maximum Gasteiger partial charge on any atom is 0.324 e. The second-order valence-electron chi connectivity index (χ2n) is 6.06. The zero-order valence-electron chi connectivity index (χ0n) is 14.0. The summed E-state index contributed by atoms with van der Waals surface area (Å²) >= 11 is 1.21. The van der Waals surface area contributed by atoms with Crippen LogP contribution in [0.25, 0.3) is 10.1 Å². The smallest absolute Gasteiger partial charge is 0.324 e. The van der Waals surface area contributed by atoms with Crippen LogP contribution < -0.4 is 10.6 Å². The SMILES string of the molecule is O=C(Nc1cccc(CN2C(=O)CNC2=O)c1)c1cc2c(F)cccc2s1. The van der Waals surface area contributed by atoms with E-state index < -0.39 is 6.03 Å². The average Bonchev–Trinajstić information content (AvgIpc) is 3.22. The number of nitrogens with zero attached hydrogens (tertiary/aromatic N) is 1. The standard InChI is InChI=1S/C19H14FN3O3S/c20-14-5-2-6-15-13(14)8-16(27-15)18(25)22-12-4-1-3-11(7-12)10-23-17(24)9-21-19(23)26/h1-8H,9-10H2,(H,21,26)(H,22,25). The molecule has 4 rings (SSSR count). The molecule has 2 N–H and O–H groups in total. The molecule has 1 saturated heterocycles. The van der Waals surface area contributed by atoms with Gasteiger partial charge in [0.05, 0.1) is 18.0 Å². The third-order valence-corrected chi connectivity index (χ3v) is 5.29. The number of amides is 4. The molecular weight excluding hydrogens is 369 g/mol. The number of rotatable bonds is 4. The van der Waals surface area contributed by atoms with Crippen molar-refractivity contribution in [1.29, 1.82) is 0 Å². The van der Waals surface area contributed by atoms with E-state index in [2.05, 4.69) is 10.6 Å². The van der Waals surface area contributed by atoms with Crippen molar-refractivity contribution >= 4 is 45.0 Å². The summed E-state index contributed by atoms with van der Waals surface area (Å²) in [6.07, 6.45) is 0. The van der Waals surface area contributed by atoms with Crippen LogP contribution in [0.5, 0.6) is 0 Å². The van der Waals surface area contributed by atoms with E-state index in [1.807, 2.05) is 0 Å². The highest BCUT2D eigenvalue weighted by atomic mass is 32.1. The van der Waals surface area contributed by atoms with E-state index in [1.54, 1.807) is 36.4 Å². The predicted molar refractivity (Wildman–Crippen MR) is 100 cm³/mol. The first-order valence-corrected chi connectivity index (χ1v) is 8.99. The van der Waals surface area contributed by atoms with Gasteiger partial charge in [-0.1, -0.05) is 18.2 Å². The molecule has 0 saturated carbocycles. The minimum absolute atomic E-state index is 0.00223. The molecule has 8 heteroatoms. The molecule has 0 bridgehead atoms. The first kappa shape index (κ1) is 17.2. The molecule has 27 heavy (non-hydrogen) atoms. The van der Waals surface area contributed by atoms with Gasteiger partial charge in [-0.25, -0.2) is 9.18 Å². The van der Waals surface area contributed by atoms with Gasteiger partial charge in [-0.3, -0.25) is 14.5 Å². The molecule has 136 valence electrons. The molecule has 1 fully saturated rings. The number of carbonyl (C=O) groups is 3. The Morgan fingerprint density at radius 1 is 1.19 bits per heavy atom. The Kier molecular flexibility index (Phi) is 4.33. The Morgan fingerprint density at radius 2 is 2.00 bits per heavy atom. The van der Waals surface area contributed by atoms with Crippen LogP contribution >= 0.6 is 11.3 Å². The quantitative estimate of drug-likeness (QED) is 0.678. The molecule has 0 spiro atoms. The van der Waals surface area contributed by atoms with Gasteiger partial charge < -0.3 is 10.6 Å². The van der Waals surface area contributed by atoms with Crippen molar-refractivity contribution in [3.05, 3.63) is 64.8 Å². The summed E-state index contributed by atoms with van der Waals surface area (Å²) in [6, 6.07) is 12.7. The van der Waals surface area contributed by atoms with Gasteiger partial charge in [-0.2, -0.15) is 0 Å². The fourth-order valence-corrected chi connectivity index (χ4v) is 3.85. The normalized spacial score (nSPS) is 13.9. The monoisotopic (exact) mass is 383 g/mol. The third kappa shape index (κ3) is 3.39. The van der Waals surface area contributed by atoms with E-state index in [4.69, 9.17) is 0 Å². The summed E-state index contributed by atoms with van der Waals surface area (Å²) in [5, 5.41) is 5.65. The first-order chi connectivity index (χ1) is 13.0. The fraction of sp³-hybridized carbons (Fsp3) is 0.105. The Bertz CT molecular complexity index is 1060. The van der Waals surface area contributed by atoms with Crippen LogP contribution in [-0.4, -0.2) is 29.3 Å². The number of halogens is 1. The molecule has 0 radical (unpaired) electrons. The number of urea groups is 1. The second-order valence-corrected chi connectivity index (χ2v) is 7.14. The maximum absolute atomic E-state index is 13.8. The summed E-state index contributed by atoms with van der Waals surface area (Å²) in [7, 11) is 0. The number of imide groups is 1. The molecule has 4 amide bonds. The average molecular weight is 383 g/mol. The second kappa shape index (κ2) is 6.81. The van der Waals surface area contributed by atoms with E-state index >= 15 is 0 Å². The number of benzene rings is 2. The molecular formula is C19H14FN3O3S. The highest BCUT2D eigenvalue weighted by molar-refractivity contribution is 7.20. The number of fused-ring (bicyclic) bond motifs is 1. The van der Waals surface area contributed by atoms with Crippen molar-refractivity contribution in [3.8, 4) is 0 Å². The molecule has 1 aromatic heterocycles. The van der Waals surface area contributed by atoms with Gasteiger partial charge >= 0.3 is 6.03 Å². The van der Waals surface area contributed by atoms with E-state index in [1.165, 1.54) is 23.5 Å². The van der Waals surface area contributed by atoms with Crippen LogP contribution in [0.2, 0.25) is 0 Å². The lowest BCUT2D eigenvalue weighted by Crippen LogP contribution is -2.30. The molecule has 1 aliphatic heterocycles. The Morgan fingerprint density at radius 3 is 2.74 bits per heavy atom. The highest BCUT2D eigenvalue weighted by Gasteiger charge is 2.28. The van der Waals surface area contributed by atoms with Crippen LogP contribution in [0, 0.1) is 5.82 Å². The lowest BCUT2D eigenvalue weighted by Gasteiger charge is -2.13. The molecule has 2 aromatic carbocycles. The van der Waals surface area contributed by atoms with Gasteiger partial charge in [0, 0.05) is 15.8 Å². The maximum atomic E-state index is 13.8. The summed E-state index contributed by atoms with van der Waals surface area (Å²) in [5.74, 6) is -0.997. The molecule has 3 aromatic rings. The zero-order valence-corrected chi connectivity index (χ0v) is 14.8. The van der Waals surface area contributed by atoms with Crippen molar-refractivity contribution in [1.82, 2.24) is 10.2 Å². The molecule has 6 nitrogen and oxygen atoms in total. The number of nitrogens with one attached hydrogen (secondary N) is 2. The van der Waals surface area contributed by atoms with Gasteiger partial charge in [0.15, 0.2) is 0 Å². The topological polar surface area (TPSA) is 78.5 Å². The summed E-state index contributed by atoms with van der Waals surface area (Å²) in [6.45, 7) is 0.125. The third-order valence-electron chi connectivity index (χ3n) is 4.19. The largest absolute Gasteiger partial charge is 0.329 e. The van der Waals surface area contributed by atoms with Crippen LogP contribution in [-0.2, 0) is 11.3 Å². The van der Waals surface area contributed by atoms with Crippen molar-refractivity contribution in [2.45, 2.75) is 6.54 Å². The zero-order chi connectivity index (χ0) is 19.0. The molecule has 0 atom stereocenters. The Hall–Kier alpha value is -3.26. The van der Waals surface area contributed by atoms with Crippen LogP contribution in [0.3, 0.4) is 0 Å². The molecule has 2 heterocycles. The van der Waals surface area contributed by atoms with Gasteiger partial charge in [-0.15, -0.1) is 11.3 Å². The van der Waals surface area contributed by atoms with Crippen molar-refractivity contribution in [2.75, 3.05) is 11.9 Å². The number of carbonyl (C=O) groups excluding carboxylic acids is 3. The first-order valence-electron chi connectivity index (χ1n) is 8.18. The lowest BCUT2D eigenvalue weighted by molar-refractivity contribution is -0.125. The summed E-state index contributed by atoms with van der Waals surface area (Å²) < 4.78 is 14.5. The van der Waals surface area contributed by atoms with Crippen LogP contribution in [0.15, 0.2) is 48.5 Å². The molecule has 0 unspecified atom stereocenters. The van der Waals surface area contributed by atoms with Crippen molar-refractivity contribution in [3.63, 3.8) is 0 Å². The summed E-state index contributed by atoms with van der Waals surface area (Å²) in [4.78, 5) is 37.4. The fourth-order valence-electron chi connectivity index (χ4n) is 2.88. The molecule has 0 aliphatic carbocycles. The lowest BCUT2D eigenvalue weighted by atomic mass is 10.2. The number of thiophene rings is 1. The van der Waals surface area contributed by atoms with Crippen LogP contribution in [0.4, 0.5) is 14.9 Å². The predicted octanol–water partition coefficient (Wildman–Crippen LogP) is 3.34. The highest BCUT2D eigenvalue weighted by Crippen LogP contribution is 2.28. The van der Waals surface area contributed by atoms with E-state index in [9.17, 15) is 18.8 Å². The van der Waals surface area contributed by atoms with E-state index in [0.29, 0.717) is 26.2 Å². The van der Waals surface area contributed by atoms with Gasteiger partial charge in [0.25, 0.3) is 5.91 Å². The van der Waals surface area contributed by atoms with Crippen molar-refractivity contribution < 1.29 is 18.8 Å². The van der Waals surface area contributed by atoms with Crippen LogP contribution in [0.1, 0.15) is 15.2 Å². The van der Waals surface area contributed by atoms with Gasteiger partial charge in [-0.05, 0) is 35.9 Å². The van der Waals surface area contributed by atoms with Gasteiger partial charge in [0.1, 0.15) is 5.82 Å².